The summed E-state index contributed by atoms with van der Waals surface area (Å²) in [5.74, 6) is -1.64. The third-order valence-corrected chi connectivity index (χ3v) is 12.1. The van der Waals surface area contributed by atoms with Crippen molar-refractivity contribution in [1.82, 2.24) is 9.97 Å². The summed E-state index contributed by atoms with van der Waals surface area (Å²) in [5.41, 5.74) is 9.39. The van der Waals surface area contributed by atoms with Crippen molar-refractivity contribution in [2.75, 3.05) is 24.1 Å². The van der Waals surface area contributed by atoms with E-state index in [-0.39, 0.29) is 13.0 Å². The number of aryl methyl sites for hydroxylation is 1. The van der Waals surface area contributed by atoms with Crippen LogP contribution < -0.4 is 20.1 Å². The first-order chi connectivity index (χ1) is 13.7. The van der Waals surface area contributed by atoms with Gasteiger partial charge in [0.2, 0.25) is 21.4 Å². The first-order valence-corrected chi connectivity index (χ1v) is 15.0. The molecule has 0 aliphatic rings. The second kappa shape index (κ2) is 9.85. The minimum atomic E-state index is -4.81. The Morgan fingerprint density at radius 2 is 1.97 bits per heavy atom. The fraction of sp³-hybridized carbons (Fsp3) is 0.500. The number of nitrogens with zero attached hydrogens (tertiary/aromatic N) is 3. The lowest BCUT2D eigenvalue weighted by Crippen LogP contribution is -2.35. The van der Waals surface area contributed by atoms with Gasteiger partial charge in [-0.2, -0.15) is 4.57 Å². The monoisotopic (exact) mass is 501 g/mol. The molecule has 2 atom stereocenters. The number of aromatic nitrogens is 3. The number of anilines is 1. The van der Waals surface area contributed by atoms with E-state index >= 15 is 0 Å². The van der Waals surface area contributed by atoms with Gasteiger partial charge in [-0.15, -0.1) is 0 Å². The molecular weight excluding hydrogens is 477 g/mol. The number of nitrogens with two attached hydrogens (primary N) is 1. The Morgan fingerprint density at radius 3 is 2.57 bits per heavy atom. The Labute approximate surface area is 178 Å². The van der Waals surface area contributed by atoms with E-state index in [1.165, 1.54) is 11.3 Å². The van der Waals surface area contributed by atoms with E-state index in [0.717, 1.165) is 16.1 Å². The number of hydrogen-bond donors (Lipinski definition) is 5. The molecule has 0 aromatic carbocycles. The summed E-state index contributed by atoms with van der Waals surface area (Å²) in [6.07, 6.45) is 1.92. The molecule has 2 aromatic rings. The number of rotatable bonds is 10. The molecule has 6 N–H and O–H groups in total. The average molecular weight is 501 g/mol. The van der Waals surface area contributed by atoms with Crippen LogP contribution in [-0.2, 0) is 22.1 Å². The largest absolute Gasteiger partial charge is 0.631 e. The van der Waals surface area contributed by atoms with Gasteiger partial charge in [-0.1, -0.05) is 11.3 Å². The van der Waals surface area contributed by atoms with Crippen molar-refractivity contribution in [3.8, 4) is 0 Å². The molecule has 2 unspecified atom stereocenters. The van der Waals surface area contributed by atoms with Crippen molar-refractivity contribution in [3.05, 3.63) is 33.7 Å². The van der Waals surface area contributed by atoms with Crippen LogP contribution in [0.2, 0.25) is 0 Å². The lowest BCUT2D eigenvalue weighted by molar-refractivity contribution is -0.689. The number of thiazole rings is 1. The van der Waals surface area contributed by atoms with Crippen molar-refractivity contribution in [1.29, 1.82) is 0 Å². The van der Waals surface area contributed by atoms with Crippen LogP contribution in [-0.4, -0.2) is 48.0 Å². The van der Waals surface area contributed by atoms with Crippen molar-refractivity contribution < 1.29 is 43.0 Å². The first-order valence-electron chi connectivity index (χ1n) is 8.54. The highest BCUT2D eigenvalue weighted by Gasteiger charge is 2.43. The van der Waals surface area contributed by atoms with E-state index in [4.69, 9.17) is 20.0 Å². The highest BCUT2D eigenvalue weighted by atomic mass is 32.1. The predicted octanol–water partition coefficient (Wildman–Crippen LogP) is -0.960. The van der Waals surface area contributed by atoms with E-state index in [2.05, 4.69) is 9.97 Å². The van der Waals surface area contributed by atoms with Gasteiger partial charge in [0.25, 0.3) is 7.37 Å². The molecule has 0 bridgehead atoms. The topological polar surface area (TPSA) is 209 Å². The Balaban J connectivity index is 1.94. The smallest absolute Gasteiger partial charge is 0.282 e. The maximum Gasteiger partial charge on any atom is 0.282 e. The summed E-state index contributed by atoms with van der Waals surface area (Å²) >= 11 is 1.40. The SMILES string of the molecule is Cc1ncc(C[n+]2csc(CCO[P+]([O-])(O)CP(=O)(O)C[P+]([O-])(O)O)c2C)c(N)n1. The van der Waals surface area contributed by atoms with E-state index in [1.807, 2.05) is 17.0 Å². The fourth-order valence-electron chi connectivity index (χ4n) is 2.60. The molecule has 2 aromatic heterocycles. The zero-order chi connectivity index (χ0) is 22.7. The highest BCUT2D eigenvalue weighted by molar-refractivity contribution is 7.82. The van der Waals surface area contributed by atoms with Crippen LogP contribution in [0.5, 0.6) is 0 Å². The predicted molar refractivity (Wildman–Crippen MR) is 109 cm³/mol. The molecule has 0 saturated carbocycles. The summed E-state index contributed by atoms with van der Waals surface area (Å²) in [6, 6.07) is 0. The second-order valence-electron chi connectivity index (χ2n) is 6.70. The molecule has 0 fully saturated rings. The molecule has 0 spiro atoms. The number of hydrogen-bond acceptors (Lipinski definition) is 11. The van der Waals surface area contributed by atoms with Gasteiger partial charge in [0, 0.05) is 19.5 Å². The summed E-state index contributed by atoms with van der Waals surface area (Å²) in [5, 5.41) is 0. The summed E-state index contributed by atoms with van der Waals surface area (Å²) < 4.78 is 18.6. The normalized spacial score (nSPS) is 16.3. The zero-order valence-corrected chi connectivity index (χ0v) is 19.8. The van der Waals surface area contributed by atoms with Gasteiger partial charge < -0.3 is 20.4 Å². The van der Waals surface area contributed by atoms with Crippen LogP contribution in [0, 0.1) is 13.8 Å². The Morgan fingerprint density at radius 1 is 1.30 bits per heavy atom. The third kappa shape index (κ3) is 8.11. The molecule has 0 aliphatic heterocycles. The lowest BCUT2D eigenvalue weighted by Gasteiger charge is -2.25. The van der Waals surface area contributed by atoms with Crippen LogP contribution in [0.3, 0.4) is 0 Å². The molecular formula is C14H24N4O8P3S+. The maximum absolute atomic E-state index is 12.0. The summed E-state index contributed by atoms with van der Waals surface area (Å²) in [6.45, 7) is 3.84. The molecule has 0 saturated heterocycles. The molecule has 0 radical (unpaired) electrons. The van der Waals surface area contributed by atoms with E-state index in [0.29, 0.717) is 18.2 Å². The summed E-state index contributed by atoms with van der Waals surface area (Å²) in [4.78, 5) is 68.9. The maximum atomic E-state index is 12.0. The van der Waals surface area contributed by atoms with Crippen molar-refractivity contribution in [2.45, 2.75) is 26.8 Å². The van der Waals surface area contributed by atoms with Gasteiger partial charge in [0.15, 0.2) is 24.0 Å². The molecule has 0 amide bonds. The molecule has 2 heterocycles. The van der Waals surface area contributed by atoms with Gasteiger partial charge in [-0.3, -0.25) is 4.57 Å². The van der Waals surface area contributed by atoms with E-state index < -0.39 is 35.1 Å². The minimum absolute atomic E-state index is 0.208. The van der Waals surface area contributed by atoms with Crippen LogP contribution in [0.25, 0.3) is 0 Å². The molecule has 16 heteroatoms. The Hall–Kier alpha value is -0.680. The summed E-state index contributed by atoms with van der Waals surface area (Å²) in [7, 11) is -13.8. The molecule has 2 rings (SSSR count). The zero-order valence-electron chi connectivity index (χ0n) is 16.3. The van der Waals surface area contributed by atoms with E-state index in [1.54, 1.807) is 13.1 Å². The number of nitrogen functional groups attached to an aromatic ring is 1. The van der Waals surface area contributed by atoms with Gasteiger partial charge >= 0.3 is 0 Å². The van der Waals surface area contributed by atoms with Gasteiger partial charge in [0.05, 0.1) is 17.0 Å². The molecule has 168 valence electrons. The standard InChI is InChI=1S/C14H23N4O8P3S/c1-10-13(30-7-18(10)6-12-5-16-11(2)17-14(12)15)3-4-26-29(24,25)9-27(19,20)8-28(21,22)23/h5,7H,3-4,6,8-9H2,1-2H3,(H5-,15,16,17,19,20,21,22,23,24,25)/p+1. The van der Waals surface area contributed by atoms with Crippen LogP contribution in [0.1, 0.15) is 22.0 Å². The Kier molecular flexibility index (Phi) is 8.40. The van der Waals surface area contributed by atoms with Crippen LogP contribution in [0.4, 0.5) is 5.82 Å². The molecule has 12 nitrogen and oxygen atoms in total. The quantitative estimate of drug-likeness (QED) is 0.198. The fourth-order valence-corrected chi connectivity index (χ4v) is 9.98. The van der Waals surface area contributed by atoms with Crippen LogP contribution in [0.15, 0.2) is 11.7 Å². The van der Waals surface area contributed by atoms with Crippen LogP contribution >= 0.6 is 34.6 Å². The van der Waals surface area contributed by atoms with Crippen molar-refractivity contribution in [3.63, 3.8) is 0 Å². The third-order valence-electron chi connectivity index (χ3n) is 3.94. The first kappa shape index (κ1) is 25.6. The minimum Gasteiger partial charge on any atom is -0.631 e. The molecule has 0 aliphatic carbocycles. The highest BCUT2D eigenvalue weighted by Crippen LogP contribution is 2.65. The van der Waals surface area contributed by atoms with Gasteiger partial charge in [-0.25, -0.2) is 29.2 Å². The van der Waals surface area contributed by atoms with Gasteiger partial charge in [-0.05, 0) is 6.92 Å². The average Bonchev–Trinajstić information content (AvgIpc) is 2.87. The molecule has 30 heavy (non-hydrogen) atoms. The van der Waals surface area contributed by atoms with Gasteiger partial charge in [0.1, 0.15) is 11.6 Å². The lowest BCUT2D eigenvalue weighted by atomic mass is 10.2. The van der Waals surface area contributed by atoms with E-state index in [9.17, 15) is 24.1 Å². The Bertz CT molecular complexity index is 936. The second-order valence-corrected chi connectivity index (χ2v) is 14.5. The van der Waals surface area contributed by atoms with Crippen molar-refractivity contribution in [2.24, 2.45) is 0 Å². The van der Waals surface area contributed by atoms with Crippen molar-refractivity contribution >= 4 is 40.4 Å².